The lowest BCUT2D eigenvalue weighted by Gasteiger charge is -2.39. The van der Waals surface area contributed by atoms with Gasteiger partial charge in [0.05, 0.1) is 6.10 Å². The lowest BCUT2D eigenvalue weighted by molar-refractivity contribution is -0.0435. The van der Waals surface area contributed by atoms with Gasteiger partial charge in [-0.05, 0) is 54.6 Å². The topological polar surface area (TPSA) is 35.2 Å². The van der Waals surface area contributed by atoms with Crippen LogP contribution in [-0.4, -0.2) is 6.23 Å². The smallest absolute Gasteiger partial charge is 0.106 e. The molecule has 0 saturated heterocycles. The van der Waals surface area contributed by atoms with E-state index in [1.54, 1.807) is 0 Å². The van der Waals surface area contributed by atoms with E-state index in [1.165, 1.54) is 88.2 Å². The van der Waals surface area contributed by atoms with Gasteiger partial charge in [-0.15, -0.1) is 0 Å². The minimum atomic E-state index is -0.102. The molecule has 27 heavy (non-hydrogen) atoms. The summed E-state index contributed by atoms with van der Waals surface area (Å²) >= 11 is 0. The van der Waals surface area contributed by atoms with Crippen LogP contribution in [0, 0.1) is 17.8 Å². The molecular weight excluding hydrogens is 330 g/mol. The third-order valence-corrected chi connectivity index (χ3v) is 7.67. The number of hydrogen-bond acceptors (Lipinski definition) is 2. The molecule has 2 heteroatoms. The molecule has 3 aliphatic carbocycles. The summed E-state index contributed by atoms with van der Waals surface area (Å²) in [5.74, 6) is 2.59. The van der Waals surface area contributed by atoms with E-state index in [9.17, 15) is 0 Å². The predicted molar refractivity (Wildman–Crippen MR) is 112 cm³/mol. The number of aryl methyl sites for hydroxylation is 1. The molecule has 2 unspecified atom stereocenters. The zero-order chi connectivity index (χ0) is 18.5. The molecule has 0 heterocycles. The van der Waals surface area contributed by atoms with Crippen LogP contribution < -0.4 is 5.73 Å². The third-order valence-electron chi connectivity index (χ3n) is 7.67. The van der Waals surface area contributed by atoms with Gasteiger partial charge in [0.1, 0.15) is 6.23 Å². The van der Waals surface area contributed by atoms with Crippen molar-refractivity contribution >= 4 is 0 Å². The van der Waals surface area contributed by atoms with Crippen molar-refractivity contribution in [2.24, 2.45) is 23.5 Å². The second-order valence-corrected chi connectivity index (χ2v) is 9.45. The van der Waals surface area contributed by atoms with Crippen molar-refractivity contribution in [3.63, 3.8) is 0 Å². The Morgan fingerprint density at radius 1 is 0.815 bits per heavy atom. The maximum Gasteiger partial charge on any atom is 0.106 e. The molecular formula is C25H39NO. The quantitative estimate of drug-likeness (QED) is 0.578. The molecule has 150 valence electrons. The van der Waals surface area contributed by atoms with Gasteiger partial charge in [0, 0.05) is 0 Å². The normalized spacial score (nSPS) is 26.1. The van der Waals surface area contributed by atoms with Gasteiger partial charge in [-0.1, -0.05) is 88.5 Å². The molecule has 1 aromatic rings. The van der Waals surface area contributed by atoms with Crippen LogP contribution in [0.15, 0.2) is 24.3 Å². The summed E-state index contributed by atoms with van der Waals surface area (Å²) in [6.45, 7) is 0. The summed E-state index contributed by atoms with van der Waals surface area (Å²) in [6.07, 6.45) is 19.1. The average Bonchev–Trinajstić information content (AvgIpc) is 2.73. The van der Waals surface area contributed by atoms with Crippen LogP contribution in [0.4, 0.5) is 0 Å². The summed E-state index contributed by atoms with van der Waals surface area (Å²) in [7, 11) is 0. The summed E-state index contributed by atoms with van der Waals surface area (Å²) < 4.78 is 6.51. The van der Waals surface area contributed by atoms with E-state index < -0.39 is 0 Å². The second kappa shape index (κ2) is 9.56. The van der Waals surface area contributed by atoms with Crippen LogP contribution in [0.5, 0.6) is 0 Å². The number of ether oxygens (including phenoxy) is 1. The van der Waals surface area contributed by atoms with Gasteiger partial charge in [-0.2, -0.15) is 0 Å². The van der Waals surface area contributed by atoms with E-state index in [1.807, 2.05) is 0 Å². The van der Waals surface area contributed by atoms with Crippen molar-refractivity contribution in [3.8, 4) is 0 Å². The number of hydrogen-bond donors (Lipinski definition) is 1. The predicted octanol–water partition coefficient (Wildman–Crippen LogP) is 6.53. The van der Waals surface area contributed by atoms with Gasteiger partial charge in [-0.3, -0.25) is 0 Å². The van der Waals surface area contributed by atoms with Crippen molar-refractivity contribution in [1.82, 2.24) is 0 Å². The third kappa shape index (κ3) is 4.95. The molecule has 3 aliphatic rings. The molecule has 0 radical (unpaired) electrons. The molecule has 0 amide bonds. The molecule has 2 atom stereocenters. The molecule has 1 aromatic carbocycles. The first-order valence-corrected chi connectivity index (χ1v) is 11.8. The van der Waals surface area contributed by atoms with Crippen LogP contribution in [-0.2, 0) is 11.2 Å². The van der Waals surface area contributed by atoms with Crippen LogP contribution in [0.2, 0.25) is 0 Å². The summed E-state index contributed by atoms with van der Waals surface area (Å²) in [4.78, 5) is 0. The Hall–Kier alpha value is -0.860. The molecule has 2 fully saturated rings. The summed E-state index contributed by atoms with van der Waals surface area (Å²) in [6, 6.07) is 8.83. The van der Waals surface area contributed by atoms with E-state index in [0.717, 1.165) is 30.6 Å². The largest absolute Gasteiger partial charge is 0.356 e. The van der Waals surface area contributed by atoms with Crippen molar-refractivity contribution in [2.75, 3.05) is 0 Å². The van der Waals surface area contributed by atoms with Gasteiger partial charge in [0.25, 0.3) is 0 Å². The Labute approximate surface area is 166 Å². The molecule has 2 nitrogen and oxygen atoms in total. The fraction of sp³-hybridized carbons (Fsp3) is 0.760. The van der Waals surface area contributed by atoms with Crippen molar-refractivity contribution in [2.45, 2.75) is 102 Å². The van der Waals surface area contributed by atoms with Crippen LogP contribution in [0.1, 0.15) is 101 Å². The minimum absolute atomic E-state index is 0.102. The summed E-state index contributed by atoms with van der Waals surface area (Å²) in [5, 5.41) is 0. The highest BCUT2D eigenvalue weighted by atomic mass is 16.5. The van der Waals surface area contributed by atoms with Crippen molar-refractivity contribution in [3.05, 3.63) is 35.4 Å². The number of nitrogens with two attached hydrogens (primary N) is 1. The van der Waals surface area contributed by atoms with Gasteiger partial charge in [0.15, 0.2) is 0 Å². The van der Waals surface area contributed by atoms with E-state index in [2.05, 4.69) is 24.3 Å². The van der Waals surface area contributed by atoms with Gasteiger partial charge < -0.3 is 10.5 Å². The fourth-order valence-corrected chi connectivity index (χ4v) is 6.28. The van der Waals surface area contributed by atoms with Gasteiger partial charge in [-0.25, -0.2) is 0 Å². The molecule has 0 bridgehead atoms. The van der Waals surface area contributed by atoms with E-state index in [0.29, 0.717) is 0 Å². The van der Waals surface area contributed by atoms with Crippen LogP contribution >= 0.6 is 0 Å². The van der Waals surface area contributed by atoms with Crippen LogP contribution in [0.3, 0.4) is 0 Å². The first-order chi connectivity index (χ1) is 13.3. The molecule has 2 saturated carbocycles. The zero-order valence-electron chi connectivity index (χ0n) is 17.1. The Bertz CT molecular complexity index is 555. The number of fused-ring (bicyclic) bond motifs is 1. The molecule has 0 aromatic heterocycles. The van der Waals surface area contributed by atoms with Gasteiger partial charge >= 0.3 is 0 Å². The molecule has 4 rings (SSSR count). The fourth-order valence-electron chi connectivity index (χ4n) is 6.28. The Balaban J connectivity index is 1.41. The monoisotopic (exact) mass is 369 g/mol. The van der Waals surface area contributed by atoms with Gasteiger partial charge in [0.2, 0.25) is 0 Å². The maximum absolute atomic E-state index is 6.65. The first-order valence-electron chi connectivity index (χ1n) is 11.8. The molecule has 0 aliphatic heterocycles. The SMILES string of the molecule is NC(CC(C1CCCCC1)C1CCCCC1)OC1CCCc2ccccc21. The van der Waals surface area contributed by atoms with Crippen LogP contribution in [0.25, 0.3) is 0 Å². The second-order valence-electron chi connectivity index (χ2n) is 9.45. The lowest BCUT2D eigenvalue weighted by Crippen LogP contribution is -2.36. The highest BCUT2D eigenvalue weighted by molar-refractivity contribution is 5.31. The maximum atomic E-state index is 6.65. The number of benzene rings is 1. The summed E-state index contributed by atoms with van der Waals surface area (Å²) in [5.41, 5.74) is 9.52. The first kappa shape index (κ1) is 19.5. The lowest BCUT2D eigenvalue weighted by atomic mass is 9.68. The van der Waals surface area contributed by atoms with E-state index in [4.69, 9.17) is 10.5 Å². The Morgan fingerprint density at radius 3 is 2.11 bits per heavy atom. The van der Waals surface area contributed by atoms with E-state index in [-0.39, 0.29) is 12.3 Å². The van der Waals surface area contributed by atoms with Crippen molar-refractivity contribution < 1.29 is 4.74 Å². The molecule has 0 spiro atoms. The average molecular weight is 370 g/mol. The Kier molecular flexibility index (Phi) is 6.89. The zero-order valence-corrected chi connectivity index (χ0v) is 17.1. The highest BCUT2D eigenvalue weighted by Gasteiger charge is 2.33. The van der Waals surface area contributed by atoms with Crippen molar-refractivity contribution in [1.29, 1.82) is 0 Å². The highest BCUT2D eigenvalue weighted by Crippen LogP contribution is 2.43. The number of rotatable bonds is 6. The van der Waals surface area contributed by atoms with E-state index >= 15 is 0 Å². The minimum Gasteiger partial charge on any atom is -0.356 e. The Morgan fingerprint density at radius 2 is 1.44 bits per heavy atom. The molecule has 2 N–H and O–H groups in total. The standard InChI is InChI=1S/C25H39NO/c26-25(27-24-17-9-15-19-14-7-8-16-22(19)24)18-23(20-10-3-1-4-11-20)21-12-5-2-6-13-21/h7-8,14,16,20-21,23-25H,1-6,9-13,15,17-18,26H2.